The van der Waals surface area contributed by atoms with Crippen molar-refractivity contribution in [2.45, 2.75) is 26.7 Å². The molecule has 0 aromatic heterocycles. The second kappa shape index (κ2) is 5.58. The third-order valence-corrected chi connectivity index (χ3v) is 2.40. The minimum atomic E-state index is 0.0856. The molecule has 1 atom stereocenters. The zero-order chi connectivity index (χ0) is 10.4. The van der Waals surface area contributed by atoms with Crippen LogP contribution in [-0.4, -0.2) is 5.78 Å². The molecule has 0 N–H and O–H groups in total. The molecule has 0 aliphatic rings. The normalized spacial score (nSPS) is 12.4. The van der Waals surface area contributed by atoms with Crippen molar-refractivity contribution in [3.63, 3.8) is 0 Å². The lowest BCUT2D eigenvalue weighted by Crippen LogP contribution is -2.14. The van der Waals surface area contributed by atoms with Gasteiger partial charge < -0.3 is 0 Å². The van der Waals surface area contributed by atoms with Gasteiger partial charge in [-0.25, -0.2) is 0 Å². The first-order valence-electron chi connectivity index (χ1n) is 5.18. The molecule has 0 fully saturated rings. The average molecular weight is 189 g/mol. The van der Waals surface area contributed by atoms with Crippen LogP contribution in [0, 0.1) is 12.3 Å². The van der Waals surface area contributed by atoms with Crippen molar-refractivity contribution in [3.8, 4) is 0 Å². The highest BCUT2D eigenvalue weighted by Gasteiger charge is 2.16. The fourth-order valence-electron chi connectivity index (χ4n) is 1.58. The van der Waals surface area contributed by atoms with Crippen LogP contribution in [0.15, 0.2) is 30.3 Å². The highest BCUT2D eigenvalue weighted by Crippen LogP contribution is 2.16. The van der Waals surface area contributed by atoms with E-state index in [0.29, 0.717) is 0 Å². The summed E-state index contributed by atoms with van der Waals surface area (Å²) in [6, 6.07) is 9.52. The van der Waals surface area contributed by atoms with Gasteiger partial charge >= 0.3 is 0 Å². The van der Waals surface area contributed by atoms with Gasteiger partial charge in [0, 0.05) is 11.5 Å². The number of hydrogen-bond acceptors (Lipinski definition) is 1. The summed E-state index contributed by atoms with van der Waals surface area (Å²) in [6.45, 7) is 4.07. The number of ketones is 1. The second-order valence-corrected chi connectivity index (χ2v) is 3.46. The Morgan fingerprint density at radius 1 is 1.36 bits per heavy atom. The van der Waals surface area contributed by atoms with Crippen LogP contribution in [0.2, 0.25) is 0 Å². The first-order chi connectivity index (χ1) is 6.79. The van der Waals surface area contributed by atoms with Crippen molar-refractivity contribution < 1.29 is 4.79 Å². The first kappa shape index (κ1) is 11.0. The molecule has 0 aliphatic carbocycles. The quantitative estimate of drug-likeness (QED) is 0.648. The maximum absolute atomic E-state index is 11.9. The molecule has 0 spiro atoms. The van der Waals surface area contributed by atoms with Crippen LogP contribution in [-0.2, 0) is 0 Å². The zero-order valence-electron chi connectivity index (χ0n) is 8.86. The number of benzene rings is 1. The molecule has 0 heterocycles. The third-order valence-electron chi connectivity index (χ3n) is 2.40. The van der Waals surface area contributed by atoms with E-state index in [1.54, 1.807) is 0 Å². The highest BCUT2D eigenvalue weighted by atomic mass is 16.1. The number of hydrogen-bond donors (Lipinski definition) is 0. The zero-order valence-corrected chi connectivity index (χ0v) is 8.86. The minimum Gasteiger partial charge on any atom is -0.294 e. The SMILES string of the molecule is C[CH]C(CCC)C(=O)c1ccccc1. The molecular formula is C13H17O. The lowest BCUT2D eigenvalue weighted by atomic mass is 9.91. The van der Waals surface area contributed by atoms with Gasteiger partial charge in [0.2, 0.25) is 0 Å². The summed E-state index contributed by atoms with van der Waals surface area (Å²) in [6.07, 6.45) is 4.00. The number of rotatable bonds is 5. The molecule has 1 aromatic rings. The van der Waals surface area contributed by atoms with E-state index in [9.17, 15) is 4.79 Å². The molecule has 1 radical (unpaired) electrons. The minimum absolute atomic E-state index is 0.0856. The Kier molecular flexibility index (Phi) is 4.37. The van der Waals surface area contributed by atoms with E-state index < -0.39 is 0 Å². The standard InChI is InChI=1S/C13H17O/c1-3-8-11(4-2)13(14)12-9-6-5-7-10-12/h4-7,9-11H,3,8H2,1-2H3. The predicted octanol–water partition coefficient (Wildman–Crippen LogP) is 3.51. The van der Waals surface area contributed by atoms with Gasteiger partial charge in [0.25, 0.3) is 0 Å². The van der Waals surface area contributed by atoms with Gasteiger partial charge in [0.05, 0.1) is 0 Å². The maximum Gasteiger partial charge on any atom is 0.166 e. The Labute approximate surface area is 86.1 Å². The van der Waals surface area contributed by atoms with E-state index in [1.807, 2.05) is 43.7 Å². The number of carbonyl (C=O) groups excluding carboxylic acids is 1. The van der Waals surface area contributed by atoms with Crippen molar-refractivity contribution in [3.05, 3.63) is 42.3 Å². The molecule has 0 bridgehead atoms. The lowest BCUT2D eigenvalue weighted by molar-refractivity contribution is 0.0931. The molecule has 1 aromatic carbocycles. The van der Waals surface area contributed by atoms with Gasteiger partial charge in [-0.15, -0.1) is 0 Å². The van der Waals surface area contributed by atoms with Crippen molar-refractivity contribution in [1.82, 2.24) is 0 Å². The van der Waals surface area contributed by atoms with Gasteiger partial charge in [-0.2, -0.15) is 0 Å². The Morgan fingerprint density at radius 3 is 2.50 bits per heavy atom. The van der Waals surface area contributed by atoms with Crippen LogP contribution in [0.5, 0.6) is 0 Å². The van der Waals surface area contributed by atoms with Crippen LogP contribution in [0.25, 0.3) is 0 Å². The van der Waals surface area contributed by atoms with Crippen molar-refractivity contribution in [1.29, 1.82) is 0 Å². The molecule has 0 amide bonds. The molecule has 0 saturated carbocycles. The molecule has 14 heavy (non-hydrogen) atoms. The van der Waals surface area contributed by atoms with E-state index >= 15 is 0 Å². The molecule has 0 saturated heterocycles. The summed E-state index contributed by atoms with van der Waals surface area (Å²) in [7, 11) is 0. The van der Waals surface area contributed by atoms with E-state index in [-0.39, 0.29) is 11.7 Å². The molecular weight excluding hydrogens is 172 g/mol. The molecule has 1 heteroatoms. The Balaban J connectivity index is 2.73. The van der Waals surface area contributed by atoms with Gasteiger partial charge in [0.1, 0.15) is 0 Å². The van der Waals surface area contributed by atoms with E-state index in [4.69, 9.17) is 0 Å². The average Bonchev–Trinajstić information content (AvgIpc) is 2.26. The monoisotopic (exact) mass is 189 g/mol. The van der Waals surface area contributed by atoms with Gasteiger partial charge in [-0.1, -0.05) is 50.6 Å². The summed E-state index contributed by atoms with van der Waals surface area (Å²) in [4.78, 5) is 11.9. The van der Waals surface area contributed by atoms with Gasteiger partial charge in [-0.05, 0) is 12.8 Å². The smallest absolute Gasteiger partial charge is 0.166 e. The molecule has 75 valence electrons. The van der Waals surface area contributed by atoms with Crippen molar-refractivity contribution in [2.24, 2.45) is 5.92 Å². The van der Waals surface area contributed by atoms with Gasteiger partial charge in [0.15, 0.2) is 5.78 Å². The fraction of sp³-hybridized carbons (Fsp3) is 0.385. The van der Waals surface area contributed by atoms with Crippen molar-refractivity contribution >= 4 is 5.78 Å². The number of Topliss-reactive ketones (excluding diaryl/α,β-unsaturated/α-hetero) is 1. The summed E-state index contributed by atoms with van der Waals surface area (Å²) < 4.78 is 0. The molecule has 1 nitrogen and oxygen atoms in total. The van der Waals surface area contributed by atoms with Crippen molar-refractivity contribution in [2.75, 3.05) is 0 Å². The lowest BCUT2D eigenvalue weighted by Gasteiger charge is -2.11. The predicted molar refractivity (Wildman–Crippen MR) is 59.1 cm³/mol. The summed E-state index contributed by atoms with van der Waals surface area (Å²) in [5.74, 6) is 0.331. The summed E-state index contributed by atoms with van der Waals surface area (Å²) in [5, 5.41) is 0. The molecule has 1 unspecified atom stereocenters. The third kappa shape index (κ3) is 2.69. The van der Waals surface area contributed by atoms with E-state index in [1.165, 1.54) is 0 Å². The van der Waals surface area contributed by atoms with Crippen LogP contribution in [0.3, 0.4) is 0 Å². The highest BCUT2D eigenvalue weighted by molar-refractivity contribution is 5.98. The molecule has 0 aliphatic heterocycles. The van der Waals surface area contributed by atoms with E-state index in [2.05, 4.69) is 6.92 Å². The van der Waals surface area contributed by atoms with Crippen LogP contribution < -0.4 is 0 Å². The van der Waals surface area contributed by atoms with Crippen LogP contribution in [0.4, 0.5) is 0 Å². The second-order valence-electron chi connectivity index (χ2n) is 3.46. The van der Waals surface area contributed by atoms with Crippen LogP contribution >= 0.6 is 0 Å². The summed E-state index contributed by atoms with van der Waals surface area (Å²) in [5.41, 5.74) is 0.823. The number of carbonyl (C=O) groups is 1. The Hall–Kier alpha value is -1.11. The van der Waals surface area contributed by atoms with Crippen LogP contribution in [0.1, 0.15) is 37.0 Å². The fourth-order valence-corrected chi connectivity index (χ4v) is 1.58. The summed E-state index contributed by atoms with van der Waals surface area (Å²) >= 11 is 0. The first-order valence-corrected chi connectivity index (χ1v) is 5.18. The largest absolute Gasteiger partial charge is 0.294 e. The maximum atomic E-state index is 11.9. The Bertz CT molecular complexity index is 277. The van der Waals surface area contributed by atoms with E-state index in [0.717, 1.165) is 18.4 Å². The molecule has 1 rings (SSSR count). The topological polar surface area (TPSA) is 17.1 Å². The van der Waals surface area contributed by atoms with Gasteiger partial charge in [-0.3, -0.25) is 4.79 Å². The Morgan fingerprint density at radius 2 is 2.00 bits per heavy atom.